The SMILES string of the molecule is CCC(C)N(C)CCC1CCCC1(NC)C(=O)O. The van der Waals surface area contributed by atoms with Crippen LogP contribution in [-0.2, 0) is 4.79 Å². The maximum Gasteiger partial charge on any atom is 0.324 e. The number of hydrogen-bond acceptors (Lipinski definition) is 3. The number of likely N-dealkylation sites (N-methyl/N-ethyl adjacent to an activating group) is 1. The van der Waals surface area contributed by atoms with Gasteiger partial charge in [0.1, 0.15) is 5.54 Å². The highest BCUT2D eigenvalue weighted by Gasteiger charge is 2.47. The second-order valence-corrected chi connectivity index (χ2v) is 5.64. The van der Waals surface area contributed by atoms with E-state index in [4.69, 9.17) is 0 Å². The summed E-state index contributed by atoms with van der Waals surface area (Å²) in [4.78, 5) is 13.9. The van der Waals surface area contributed by atoms with Crippen LogP contribution < -0.4 is 5.32 Å². The van der Waals surface area contributed by atoms with Gasteiger partial charge in [-0.1, -0.05) is 13.3 Å². The molecule has 1 aliphatic rings. The lowest BCUT2D eigenvalue weighted by atomic mass is 9.84. The largest absolute Gasteiger partial charge is 0.480 e. The van der Waals surface area contributed by atoms with E-state index in [0.29, 0.717) is 6.04 Å². The molecule has 0 aromatic rings. The smallest absolute Gasteiger partial charge is 0.324 e. The second kappa shape index (κ2) is 6.53. The number of hydrogen-bond donors (Lipinski definition) is 2. The predicted octanol–water partition coefficient (Wildman–Crippen LogP) is 1.95. The van der Waals surface area contributed by atoms with Gasteiger partial charge in [0.2, 0.25) is 0 Å². The maximum absolute atomic E-state index is 11.5. The fourth-order valence-electron chi connectivity index (χ4n) is 3.08. The van der Waals surface area contributed by atoms with Crippen molar-refractivity contribution < 1.29 is 9.90 Å². The van der Waals surface area contributed by atoms with E-state index in [0.717, 1.165) is 38.6 Å². The first-order valence-electron chi connectivity index (χ1n) is 7.10. The number of carboxylic acid groups (broad SMARTS) is 1. The molecule has 4 nitrogen and oxygen atoms in total. The molecule has 1 rings (SSSR count). The van der Waals surface area contributed by atoms with Crippen LogP contribution in [-0.4, -0.2) is 48.2 Å². The molecule has 4 heteroatoms. The van der Waals surface area contributed by atoms with Crippen LogP contribution in [0.2, 0.25) is 0 Å². The van der Waals surface area contributed by atoms with Crippen LogP contribution in [0.1, 0.15) is 46.0 Å². The van der Waals surface area contributed by atoms with Crippen molar-refractivity contribution in [3.05, 3.63) is 0 Å². The zero-order valence-corrected chi connectivity index (χ0v) is 12.2. The Kier molecular flexibility index (Phi) is 5.60. The lowest BCUT2D eigenvalue weighted by Crippen LogP contribution is -2.53. The Hall–Kier alpha value is -0.610. The summed E-state index contributed by atoms with van der Waals surface area (Å²) in [6.07, 6.45) is 4.91. The highest BCUT2D eigenvalue weighted by atomic mass is 16.4. The number of nitrogens with one attached hydrogen (secondary N) is 1. The van der Waals surface area contributed by atoms with Crippen LogP contribution in [0.5, 0.6) is 0 Å². The molecule has 0 saturated heterocycles. The molecule has 0 aliphatic heterocycles. The Labute approximate surface area is 111 Å². The molecule has 1 saturated carbocycles. The summed E-state index contributed by atoms with van der Waals surface area (Å²) >= 11 is 0. The average Bonchev–Trinajstić information content (AvgIpc) is 2.78. The number of nitrogens with zero attached hydrogens (tertiary/aromatic N) is 1. The van der Waals surface area contributed by atoms with Gasteiger partial charge in [0.15, 0.2) is 0 Å². The van der Waals surface area contributed by atoms with Gasteiger partial charge in [-0.2, -0.15) is 0 Å². The molecule has 0 radical (unpaired) electrons. The number of rotatable bonds is 7. The molecule has 3 unspecified atom stereocenters. The van der Waals surface area contributed by atoms with Crippen molar-refractivity contribution in [1.29, 1.82) is 0 Å². The third-order valence-corrected chi connectivity index (χ3v) is 4.82. The number of aliphatic carboxylic acids is 1. The van der Waals surface area contributed by atoms with Crippen LogP contribution in [0.4, 0.5) is 0 Å². The number of carbonyl (C=O) groups is 1. The minimum Gasteiger partial charge on any atom is -0.480 e. The van der Waals surface area contributed by atoms with Gasteiger partial charge in [0.25, 0.3) is 0 Å². The average molecular weight is 256 g/mol. The van der Waals surface area contributed by atoms with Gasteiger partial charge in [0.05, 0.1) is 0 Å². The van der Waals surface area contributed by atoms with Crippen molar-refractivity contribution >= 4 is 5.97 Å². The van der Waals surface area contributed by atoms with E-state index in [-0.39, 0.29) is 5.92 Å². The van der Waals surface area contributed by atoms with Gasteiger partial charge in [-0.05, 0) is 59.2 Å². The molecule has 0 heterocycles. The van der Waals surface area contributed by atoms with Crippen LogP contribution in [0.15, 0.2) is 0 Å². The maximum atomic E-state index is 11.5. The molecule has 0 bridgehead atoms. The molecule has 2 N–H and O–H groups in total. The van der Waals surface area contributed by atoms with E-state index in [9.17, 15) is 9.90 Å². The second-order valence-electron chi connectivity index (χ2n) is 5.64. The van der Waals surface area contributed by atoms with Gasteiger partial charge >= 0.3 is 5.97 Å². The van der Waals surface area contributed by atoms with E-state index >= 15 is 0 Å². The van der Waals surface area contributed by atoms with Crippen molar-refractivity contribution in [2.45, 2.75) is 57.5 Å². The normalized spacial score (nSPS) is 29.7. The monoisotopic (exact) mass is 256 g/mol. The van der Waals surface area contributed by atoms with Gasteiger partial charge in [0, 0.05) is 6.04 Å². The minimum absolute atomic E-state index is 0.256. The molecule has 18 heavy (non-hydrogen) atoms. The molecular formula is C14H28N2O2. The summed E-state index contributed by atoms with van der Waals surface area (Å²) in [5, 5.41) is 12.6. The van der Waals surface area contributed by atoms with Gasteiger partial charge in [-0.15, -0.1) is 0 Å². The number of carboxylic acids is 1. The fourth-order valence-corrected chi connectivity index (χ4v) is 3.08. The Bertz CT molecular complexity index is 283. The summed E-state index contributed by atoms with van der Waals surface area (Å²) in [6.45, 7) is 5.39. The van der Waals surface area contributed by atoms with Gasteiger partial charge in [-0.25, -0.2) is 0 Å². The zero-order chi connectivity index (χ0) is 13.8. The molecular weight excluding hydrogens is 228 g/mol. The van der Waals surface area contributed by atoms with E-state index in [2.05, 4.69) is 31.1 Å². The molecule has 1 aliphatic carbocycles. The molecule has 0 spiro atoms. The van der Waals surface area contributed by atoms with Crippen LogP contribution in [0, 0.1) is 5.92 Å². The summed E-state index contributed by atoms with van der Waals surface area (Å²) in [5.74, 6) is -0.426. The van der Waals surface area contributed by atoms with Crippen molar-refractivity contribution in [1.82, 2.24) is 10.2 Å². The lowest BCUT2D eigenvalue weighted by Gasteiger charge is -2.33. The summed E-state index contributed by atoms with van der Waals surface area (Å²) < 4.78 is 0. The van der Waals surface area contributed by atoms with Gasteiger partial charge < -0.3 is 15.3 Å². The first-order valence-corrected chi connectivity index (χ1v) is 7.10. The Balaban J connectivity index is 2.58. The Morgan fingerprint density at radius 1 is 1.61 bits per heavy atom. The van der Waals surface area contributed by atoms with E-state index in [1.807, 2.05) is 0 Å². The lowest BCUT2D eigenvalue weighted by molar-refractivity contribution is -0.146. The van der Waals surface area contributed by atoms with Crippen LogP contribution >= 0.6 is 0 Å². The van der Waals surface area contributed by atoms with Crippen LogP contribution in [0.3, 0.4) is 0 Å². The molecule has 0 amide bonds. The quantitative estimate of drug-likeness (QED) is 0.731. The molecule has 3 atom stereocenters. The van der Waals surface area contributed by atoms with Crippen LogP contribution in [0.25, 0.3) is 0 Å². The van der Waals surface area contributed by atoms with E-state index in [1.165, 1.54) is 0 Å². The standard InChI is InChI=1S/C14H28N2O2/c1-5-11(2)16(4)10-8-12-7-6-9-14(12,15-3)13(17)18/h11-12,15H,5-10H2,1-4H3,(H,17,18). The predicted molar refractivity (Wildman–Crippen MR) is 73.8 cm³/mol. The topological polar surface area (TPSA) is 52.6 Å². The highest BCUT2D eigenvalue weighted by Crippen LogP contribution is 2.38. The molecule has 0 aromatic carbocycles. The summed E-state index contributed by atoms with van der Waals surface area (Å²) in [6, 6.07) is 0.570. The fraction of sp³-hybridized carbons (Fsp3) is 0.929. The van der Waals surface area contributed by atoms with Crippen molar-refractivity contribution in [2.24, 2.45) is 5.92 Å². The third kappa shape index (κ3) is 3.04. The zero-order valence-electron chi connectivity index (χ0n) is 12.2. The third-order valence-electron chi connectivity index (χ3n) is 4.82. The summed E-state index contributed by atoms with van der Waals surface area (Å²) in [5.41, 5.74) is -0.684. The van der Waals surface area contributed by atoms with Crippen molar-refractivity contribution in [3.8, 4) is 0 Å². The molecule has 0 aromatic heterocycles. The van der Waals surface area contributed by atoms with Gasteiger partial charge in [-0.3, -0.25) is 4.79 Å². The van der Waals surface area contributed by atoms with E-state index < -0.39 is 11.5 Å². The minimum atomic E-state index is -0.684. The molecule has 106 valence electrons. The Morgan fingerprint density at radius 3 is 2.78 bits per heavy atom. The first kappa shape index (κ1) is 15.4. The van der Waals surface area contributed by atoms with Crippen molar-refractivity contribution in [3.63, 3.8) is 0 Å². The highest BCUT2D eigenvalue weighted by molar-refractivity contribution is 5.79. The summed E-state index contributed by atoms with van der Waals surface area (Å²) in [7, 11) is 3.91. The van der Waals surface area contributed by atoms with Crippen molar-refractivity contribution in [2.75, 3.05) is 20.6 Å². The Morgan fingerprint density at radius 2 is 2.28 bits per heavy atom. The first-order chi connectivity index (χ1) is 8.47. The van der Waals surface area contributed by atoms with E-state index in [1.54, 1.807) is 7.05 Å². The molecule has 1 fully saturated rings.